The number of benzene rings is 2. The second-order valence-electron chi connectivity index (χ2n) is 4.64. The van der Waals surface area contributed by atoms with Gasteiger partial charge in [-0.15, -0.1) is 0 Å². The van der Waals surface area contributed by atoms with Gasteiger partial charge in [-0.25, -0.2) is 13.2 Å². The largest absolute Gasteiger partial charge is 0.383 e. The van der Waals surface area contributed by atoms with Crippen LogP contribution in [0.4, 0.5) is 13.2 Å². The van der Waals surface area contributed by atoms with E-state index < -0.39 is 29.1 Å². The molecule has 5 heteroatoms. The highest BCUT2D eigenvalue weighted by Crippen LogP contribution is 2.32. The molecule has 0 aliphatic heterocycles. The van der Waals surface area contributed by atoms with Crippen LogP contribution in [0.1, 0.15) is 28.4 Å². The van der Waals surface area contributed by atoms with Crippen molar-refractivity contribution in [2.24, 2.45) is 0 Å². The van der Waals surface area contributed by atoms with Crippen molar-refractivity contribution in [3.63, 3.8) is 0 Å². The molecule has 0 aliphatic carbocycles. The van der Waals surface area contributed by atoms with E-state index in [9.17, 15) is 18.3 Å². The Balaban J connectivity index is 2.57. The van der Waals surface area contributed by atoms with Gasteiger partial charge in [0.2, 0.25) is 0 Å². The third kappa shape index (κ3) is 2.67. The van der Waals surface area contributed by atoms with Crippen molar-refractivity contribution >= 4 is 11.6 Å². The molecule has 0 amide bonds. The molecule has 0 radical (unpaired) electrons. The van der Waals surface area contributed by atoms with Crippen LogP contribution in [0.3, 0.4) is 0 Å². The third-order valence-corrected chi connectivity index (χ3v) is 3.57. The van der Waals surface area contributed by atoms with Crippen LogP contribution >= 0.6 is 11.6 Å². The zero-order chi connectivity index (χ0) is 15.0. The number of aryl methyl sites for hydroxylation is 2. The monoisotopic (exact) mass is 300 g/mol. The summed E-state index contributed by atoms with van der Waals surface area (Å²) in [7, 11) is 0. The first-order valence-corrected chi connectivity index (χ1v) is 6.28. The summed E-state index contributed by atoms with van der Waals surface area (Å²) in [5.41, 5.74) is 1.03. The Morgan fingerprint density at radius 2 is 1.50 bits per heavy atom. The molecule has 1 N–H and O–H groups in total. The van der Waals surface area contributed by atoms with Crippen LogP contribution in [0, 0.1) is 31.3 Å². The SMILES string of the molecule is Cc1cc(C(O)c2c(F)cc(F)cc2F)c(C)cc1Cl. The van der Waals surface area contributed by atoms with Gasteiger partial charge < -0.3 is 5.11 Å². The van der Waals surface area contributed by atoms with Crippen LogP contribution in [0.15, 0.2) is 24.3 Å². The van der Waals surface area contributed by atoms with Gasteiger partial charge in [0.25, 0.3) is 0 Å². The highest BCUT2D eigenvalue weighted by molar-refractivity contribution is 6.31. The van der Waals surface area contributed by atoms with Crippen molar-refractivity contribution in [2.75, 3.05) is 0 Å². The minimum atomic E-state index is -1.52. The molecule has 1 atom stereocenters. The molecule has 0 saturated heterocycles. The minimum Gasteiger partial charge on any atom is -0.383 e. The molecule has 1 unspecified atom stereocenters. The Morgan fingerprint density at radius 3 is 2.05 bits per heavy atom. The Morgan fingerprint density at radius 1 is 0.950 bits per heavy atom. The van der Waals surface area contributed by atoms with Gasteiger partial charge in [-0.05, 0) is 36.6 Å². The Labute approximate surface area is 119 Å². The van der Waals surface area contributed by atoms with E-state index in [-0.39, 0.29) is 0 Å². The summed E-state index contributed by atoms with van der Waals surface area (Å²) in [6, 6.07) is 4.25. The van der Waals surface area contributed by atoms with Crippen LogP contribution < -0.4 is 0 Å². The van der Waals surface area contributed by atoms with Gasteiger partial charge in [0, 0.05) is 17.2 Å². The predicted molar refractivity (Wildman–Crippen MR) is 71.3 cm³/mol. The van der Waals surface area contributed by atoms with E-state index in [4.69, 9.17) is 11.6 Å². The first-order chi connectivity index (χ1) is 9.31. The van der Waals surface area contributed by atoms with Gasteiger partial charge in [-0.1, -0.05) is 17.7 Å². The molecule has 0 heterocycles. The van der Waals surface area contributed by atoms with Crippen molar-refractivity contribution in [3.05, 3.63) is 69.0 Å². The average molecular weight is 301 g/mol. The van der Waals surface area contributed by atoms with E-state index in [1.165, 1.54) is 0 Å². The number of aliphatic hydroxyl groups excluding tert-OH is 1. The minimum absolute atomic E-state index is 0.330. The number of hydrogen-bond donors (Lipinski definition) is 1. The van der Waals surface area contributed by atoms with Crippen LogP contribution in [-0.2, 0) is 0 Å². The van der Waals surface area contributed by atoms with Gasteiger partial charge >= 0.3 is 0 Å². The number of aliphatic hydroxyl groups is 1. The maximum Gasteiger partial charge on any atom is 0.135 e. The van der Waals surface area contributed by atoms with Crippen LogP contribution in [-0.4, -0.2) is 5.11 Å². The van der Waals surface area contributed by atoms with Crippen LogP contribution in [0.25, 0.3) is 0 Å². The van der Waals surface area contributed by atoms with Gasteiger partial charge in [0.15, 0.2) is 0 Å². The second-order valence-corrected chi connectivity index (χ2v) is 5.05. The zero-order valence-corrected chi connectivity index (χ0v) is 11.6. The first-order valence-electron chi connectivity index (χ1n) is 5.90. The summed E-state index contributed by atoms with van der Waals surface area (Å²) in [6.07, 6.45) is -1.52. The van der Waals surface area contributed by atoms with E-state index in [0.29, 0.717) is 33.8 Å². The fourth-order valence-corrected chi connectivity index (χ4v) is 2.29. The second kappa shape index (κ2) is 5.46. The molecule has 20 heavy (non-hydrogen) atoms. The average Bonchev–Trinajstić information content (AvgIpc) is 2.32. The molecule has 0 saturated carbocycles. The van der Waals surface area contributed by atoms with Crippen molar-refractivity contribution in [3.8, 4) is 0 Å². The summed E-state index contributed by atoms with van der Waals surface area (Å²) < 4.78 is 40.3. The van der Waals surface area contributed by atoms with E-state index in [1.54, 1.807) is 26.0 Å². The van der Waals surface area contributed by atoms with E-state index in [0.717, 1.165) is 0 Å². The summed E-state index contributed by atoms with van der Waals surface area (Å²) in [6.45, 7) is 3.39. The van der Waals surface area contributed by atoms with E-state index >= 15 is 0 Å². The summed E-state index contributed by atoms with van der Waals surface area (Å²) in [4.78, 5) is 0. The summed E-state index contributed by atoms with van der Waals surface area (Å²) in [5.74, 6) is -3.27. The smallest absolute Gasteiger partial charge is 0.135 e. The quantitative estimate of drug-likeness (QED) is 0.868. The van der Waals surface area contributed by atoms with Crippen LogP contribution in [0.5, 0.6) is 0 Å². The van der Waals surface area contributed by atoms with Crippen molar-refractivity contribution < 1.29 is 18.3 Å². The van der Waals surface area contributed by atoms with Crippen molar-refractivity contribution in [2.45, 2.75) is 20.0 Å². The number of halogens is 4. The third-order valence-electron chi connectivity index (χ3n) is 3.16. The zero-order valence-electron chi connectivity index (χ0n) is 10.8. The lowest BCUT2D eigenvalue weighted by Gasteiger charge is -2.17. The lowest BCUT2D eigenvalue weighted by Crippen LogP contribution is -2.08. The molecule has 1 nitrogen and oxygen atoms in total. The number of hydrogen-bond acceptors (Lipinski definition) is 1. The maximum atomic E-state index is 13.7. The highest BCUT2D eigenvalue weighted by Gasteiger charge is 2.22. The molecule has 0 aliphatic rings. The molecule has 106 valence electrons. The fraction of sp³-hybridized carbons (Fsp3) is 0.200. The van der Waals surface area contributed by atoms with Crippen molar-refractivity contribution in [1.29, 1.82) is 0 Å². The van der Waals surface area contributed by atoms with E-state index in [1.807, 2.05) is 0 Å². The molecule has 2 aromatic rings. The molecule has 0 bridgehead atoms. The normalized spacial score (nSPS) is 12.6. The van der Waals surface area contributed by atoms with Gasteiger partial charge in [0.05, 0.1) is 5.56 Å². The van der Waals surface area contributed by atoms with E-state index in [2.05, 4.69) is 0 Å². The molecule has 2 rings (SSSR count). The lowest BCUT2D eigenvalue weighted by atomic mass is 9.95. The topological polar surface area (TPSA) is 20.2 Å². The first kappa shape index (κ1) is 14.9. The molecular weight excluding hydrogens is 289 g/mol. The number of rotatable bonds is 2. The standard InChI is InChI=1S/C15H12ClF3O/c1-7-4-11(16)8(2)3-10(7)15(20)14-12(18)5-9(17)6-13(14)19/h3-6,15,20H,1-2H3. The van der Waals surface area contributed by atoms with Gasteiger partial charge in [0.1, 0.15) is 23.6 Å². The Kier molecular flexibility index (Phi) is 4.06. The molecule has 0 spiro atoms. The predicted octanol–water partition coefficient (Wildman–Crippen LogP) is 4.46. The Bertz CT molecular complexity index is 647. The fourth-order valence-electron chi connectivity index (χ4n) is 2.07. The molecule has 2 aromatic carbocycles. The highest BCUT2D eigenvalue weighted by atomic mass is 35.5. The van der Waals surface area contributed by atoms with Crippen molar-refractivity contribution in [1.82, 2.24) is 0 Å². The lowest BCUT2D eigenvalue weighted by molar-refractivity contribution is 0.208. The Hall–Kier alpha value is -1.52. The molecule has 0 aromatic heterocycles. The maximum absolute atomic E-state index is 13.7. The summed E-state index contributed by atoms with van der Waals surface area (Å²) >= 11 is 5.94. The molecular formula is C15H12ClF3O. The molecule has 0 fully saturated rings. The van der Waals surface area contributed by atoms with Gasteiger partial charge in [-0.2, -0.15) is 0 Å². The van der Waals surface area contributed by atoms with Gasteiger partial charge in [-0.3, -0.25) is 0 Å². The van der Waals surface area contributed by atoms with Crippen LogP contribution in [0.2, 0.25) is 5.02 Å². The summed E-state index contributed by atoms with van der Waals surface area (Å²) in [5, 5.41) is 10.7.